The predicted molar refractivity (Wildman–Crippen MR) is 66.6 cm³/mol. The first kappa shape index (κ1) is 10.9. The molecule has 0 unspecified atom stereocenters. The molecule has 16 heavy (non-hydrogen) atoms. The Labute approximate surface area is 95.7 Å². The van der Waals surface area contributed by atoms with Crippen LogP contribution in [0.25, 0.3) is 10.9 Å². The minimum atomic E-state index is 0.0968. The Kier molecular flexibility index (Phi) is 2.82. The van der Waals surface area contributed by atoms with Crippen molar-refractivity contribution in [2.24, 2.45) is 5.92 Å². The first-order valence-corrected chi connectivity index (χ1v) is 5.65. The fourth-order valence-corrected chi connectivity index (χ4v) is 1.93. The third-order valence-corrected chi connectivity index (χ3v) is 3.14. The van der Waals surface area contributed by atoms with E-state index in [1.807, 2.05) is 13.1 Å². The number of benzene rings is 1. The lowest BCUT2D eigenvalue weighted by atomic mass is 9.97. The van der Waals surface area contributed by atoms with Gasteiger partial charge in [0, 0.05) is 23.0 Å². The van der Waals surface area contributed by atoms with Crippen LogP contribution in [0.2, 0.25) is 0 Å². The maximum Gasteiger partial charge on any atom is 0.132 e. The summed E-state index contributed by atoms with van der Waals surface area (Å²) >= 11 is 0. The Morgan fingerprint density at radius 3 is 2.88 bits per heavy atom. The Balaban J connectivity index is 2.37. The molecule has 0 saturated heterocycles. The van der Waals surface area contributed by atoms with E-state index in [9.17, 15) is 4.79 Å². The number of carbonyl (C=O) groups is 1. The van der Waals surface area contributed by atoms with E-state index in [0.717, 1.165) is 11.9 Å². The average molecular weight is 215 g/mol. The normalized spacial score (nSPS) is 12.9. The highest BCUT2D eigenvalue weighted by atomic mass is 16.1. The van der Waals surface area contributed by atoms with E-state index in [1.54, 1.807) is 6.92 Å². The predicted octanol–water partition coefficient (Wildman–Crippen LogP) is 3.24. The Morgan fingerprint density at radius 1 is 1.44 bits per heavy atom. The van der Waals surface area contributed by atoms with Gasteiger partial charge in [0.25, 0.3) is 0 Å². The summed E-state index contributed by atoms with van der Waals surface area (Å²) < 4.78 is 0. The molecule has 2 nitrogen and oxygen atoms in total. The van der Waals surface area contributed by atoms with Crippen LogP contribution in [-0.4, -0.2) is 10.8 Å². The van der Waals surface area contributed by atoms with Crippen molar-refractivity contribution in [2.75, 3.05) is 0 Å². The van der Waals surface area contributed by atoms with E-state index in [-0.39, 0.29) is 11.7 Å². The summed E-state index contributed by atoms with van der Waals surface area (Å²) in [5.41, 5.74) is 3.64. The van der Waals surface area contributed by atoms with Gasteiger partial charge in [-0.3, -0.25) is 4.79 Å². The third kappa shape index (κ3) is 2.01. The number of ketones is 1. The number of H-pyrrole nitrogens is 1. The molecule has 0 saturated carbocycles. The fraction of sp³-hybridized carbons (Fsp3) is 0.357. The molecule has 0 aliphatic rings. The first-order chi connectivity index (χ1) is 7.58. The molecule has 1 aromatic heterocycles. The highest BCUT2D eigenvalue weighted by Crippen LogP contribution is 2.22. The Bertz CT molecular complexity index is 525. The average Bonchev–Trinajstić information content (AvgIpc) is 2.61. The van der Waals surface area contributed by atoms with Crippen LogP contribution in [0.1, 0.15) is 25.0 Å². The van der Waals surface area contributed by atoms with Crippen molar-refractivity contribution in [2.45, 2.75) is 27.2 Å². The summed E-state index contributed by atoms with van der Waals surface area (Å²) in [6.45, 7) is 5.73. The minimum absolute atomic E-state index is 0.0968. The molecule has 0 aliphatic heterocycles. The number of fused-ring (bicyclic) bond motifs is 1. The topological polar surface area (TPSA) is 32.9 Å². The van der Waals surface area contributed by atoms with Gasteiger partial charge in [0.15, 0.2) is 0 Å². The molecular formula is C14H17NO. The summed E-state index contributed by atoms with van der Waals surface area (Å²) in [6, 6.07) is 6.36. The number of rotatable bonds is 3. The van der Waals surface area contributed by atoms with E-state index in [1.165, 1.54) is 16.5 Å². The molecule has 2 rings (SSSR count). The standard InChI is InChI=1S/C14H17NO/c1-9-4-5-14-13(6-9)12(8-15-14)7-10(2)11(3)16/h4-6,8,10,15H,7H2,1-3H3/t10-/m0/s1. The van der Waals surface area contributed by atoms with Crippen molar-refractivity contribution in [1.82, 2.24) is 4.98 Å². The van der Waals surface area contributed by atoms with Gasteiger partial charge < -0.3 is 4.98 Å². The molecule has 0 bridgehead atoms. The summed E-state index contributed by atoms with van der Waals surface area (Å²) in [5.74, 6) is 0.349. The van der Waals surface area contributed by atoms with Crippen molar-refractivity contribution in [3.8, 4) is 0 Å². The number of hydrogen-bond acceptors (Lipinski definition) is 1. The molecule has 0 aliphatic carbocycles. The van der Waals surface area contributed by atoms with Crippen LogP contribution in [0, 0.1) is 12.8 Å². The van der Waals surface area contributed by atoms with E-state index in [0.29, 0.717) is 0 Å². The van der Waals surface area contributed by atoms with Gasteiger partial charge in [0.05, 0.1) is 0 Å². The molecule has 0 amide bonds. The zero-order valence-corrected chi connectivity index (χ0v) is 10.0. The van der Waals surface area contributed by atoms with Crippen molar-refractivity contribution in [1.29, 1.82) is 0 Å². The molecule has 1 aromatic carbocycles. The number of aryl methyl sites for hydroxylation is 1. The second-order valence-electron chi connectivity index (χ2n) is 4.58. The van der Waals surface area contributed by atoms with Gasteiger partial charge in [-0.25, -0.2) is 0 Å². The van der Waals surface area contributed by atoms with Gasteiger partial charge >= 0.3 is 0 Å². The quantitative estimate of drug-likeness (QED) is 0.837. The fourth-order valence-electron chi connectivity index (χ4n) is 1.93. The highest BCUT2D eigenvalue weighted by molar-refractivity contribution is 5.85. The van der Waals surface area contributed by atoms with Crippen molar-refractivity contribution in [3.63, 3.8) is 0 Å². The van der Waals surface area contributed by atoms with Crippen molar-refractivity contribution < 1.29 is 4.79 Å². The summed E-state index contributed by atoms with van der Waals surface area (Å²) in [4.78, 5) is 14.5. The maximum absolute atomic E-state index is 11.3. The van der Waals surface area contributed by atoms with Gasteiger partial charge in [0.1, 0.15) is 5.78 Å². The largest absolute Gasteiger partial charge is 0.361 e. The van der Waals surface area contributed by atoms with E-state index >= 15 is 0 Å². The van der Waals surface area contributed by atoms with Gasteiger partial charge in [0.2, 0.25) is 0 Å². The molecular weight excluding hydrogens is 198 g/mol. The number of carbonyl (C=O) groups excluding carboxylic acids is 1. The van der Waals surface area contributed by atoms with Crippen LogP contribution in [0.3, 0.4) is 0 Å². The molecule has 1 atom stereocenters. The SMILES string of the molecule is CC(=O)[C@@H](C)Cc1c[nH]c2ccc(C)cc12. The lowest BCUT2D eigenvalue weighted by Gasteiger charge is -2.06. The maximum atomic E-state index is 11.3. The number of nitrogens with one attached hydrogen (secondary N) is 1. The highest BCUT2D eigenvalue weighted by Gasteiger charge is 2.11. The number of aromatic nitrogens is 1. The summed E-state index contributed by atoms with van der Waals surface area (Å²) in [5, 5.41) is 1.24. The van der Waals surface area contributed by atoms with Gasteiger partial charge in [-0.05, 0) is 38.0 Å². The number of hydrogen-bond donors (Lipinski definition) is 1. The summed E-state index contributed by atoms with van der Waals surface area (Å²) in [6.07, 6.45) is 2.84. The summed E-state index contributed by atoms with van der Waals surface area (Å²) in [7, 11) is 0. The van der Waals surface area contributed by atoms with Crippen LogP contribution >= 0.6 is 0 Å². The zero-order chi connectivity index (χ0) is 11.7. The molecule has 0 fully saturated rings. The third-order valence-electron chi connectivity index (χ3n) is 3.14. The second kappa shape index (κ2) is 4.12. The molecule has 1 heterocycles. The van der Waals surface area contributed by atoms with Crippen molar-refractivity contribution >= 4 is 16.7 Å². The molecule has 0 spiro atoms. The molecule has 1 N–H and O–H groups in total. The van der Waals surface area contributed by atoms with E-state index in [4.69, 9.17) is 0 Å². The zero-order valence-electron chi connectivity index (χ0n) is 10.0. The monoisotopic (exact) mass is 215 g/mol. The first-order valence-electron chi connectivity index (χ1n) is 5.65. The lowest BCUT2D eigenvalue weighted by Crippen LogP contribution is -2.09. The Morgan fingerprint density at radius 2 is 2.19 bits per heavy atom. The van der Waals surface area contributed by atoms with Crippen LogP contribution < -0.4 is 0 Å². The van der Waals surface area contributed by atoms with Gasteiger partial charge in [-0.2, -0.15) is 0 Å². The van der Waals surface area contributed by atoms with Crippen LogP contribution in [0.15, 0.2) is 24.4 Å². The van der Waals surface area contributed by atoms with Crippen LogP contribution in [0.5, 0.6) is 0 Å². The van der Waals surface area contributed by atoms with Crippen LogP contribution in [0.4, 0.5) is 0 Å². The Hall–Kier alpha value is -1.57. The van der Waals surface area contributed by atoms with E-state index < -0.39 is 0 Å². The second-order valence-corrected chi connectivity index (χ2v) is 4.58. The minimum Gasteiger partial charge on any atom is -0.361 e. The molecule has 2 aromatic rings. The number of Topliss-reactive ketones (excluding diaryl/α,β-unsaturated/α-hetero) is 1. The molecule has 0 radical (unpaired) electrons. The van der Waals surface area contributed by atoms with Gasteiger partial charge in [-0.15, -0.1) is 0 Å². The van der Waals surface area contributed by atoms with Crippen LogP contribution in [-0.2, 0) is 11.2 Å². The van der Waals surface area contributed by atoms with Gasteiger partial charge in [-0.1, -0.05) is 18.6 Å². The lowest BCUT2D eigenvalue weighted by molar-refractivity contribution is -0.120. The smallest absolute Gasteiger partial charge is 0.132 e. The van der Waals surface area contributed by atoms with Crippen molar-refractivity contribution in [3.05, 3.63) is 35.5 Å². The number of aromatic amines is 1. The molecule has 84 valence electrons. The van der Waals surface area contributed by atoms with E-state index in [2.05, 4.69) is 30.1 Å². The molecule has 2 heteroatoms.